The Kier molecular flexibility index (Phi) is 6.20. The lowest BCUT2D eigenvalue weighted by Crippen LogP contribution is -2.22. The molecule has 7 heteroatoms. The third kappa shape index (κ3) is 4.21. The van der Waals surface area contributed by atoms with E-state index >= 15 is 0 Å². The Hall–Kier alpha value is -2.93. The van der Waals surface area contributed by atoms with E-state index in [1.807, 2.05) is 49.3 Å². The van der Waals surface area contributed by atoms with Gasteiger partial charge in [-0.3, -0.25) is 9.58 Å². The highest BCUT2D eigenvalue weighted by Gasteiger charge is 2.29. The van der Waals surface area contributed by atoms with Crippen molar-refractivity contribution in [3.63, 3.8) is 0 Å². The van der Waals surface area contributed by atoms with Crippen LogP contribution in [0.5, 0.6) is 5.75 Å². The maximum Gasteiger partial charge on any atom is 0.225 e. The highest BCUT2D eigenvalue weighted by Crippen LogP contribution is 2.35. The molecular weight excluding hydrogens is 400 g/mol. The summed E-state index contributed by atoms with van der Waals surface area (Å²) in [4.78, 5) is 14.1. The fourth-order valence-electron chi connectivity index (χ4n) is 4.67. The van der Waals surface area contributed by atoms with Gasteiger partial charge in [0.05, 0.1) is 19.0 Å². The third-order valence-electron chi connectivity index (χ3n) is 6.69. The number of aromatic nitrogens is 4. The number of aryl methyl sites for hydroxylation is 2. The van der Waals surface area contributed by atoms with Crippen LogP contribution in [0.4, 0.5) is 5.95 Å². The molecule has 0 unspecified atom stereocenters. The van der Waals surface area contributed by atoms with Gasteiger partial charge in [0.1, 0.15) is 5.75 Å². The maximum absolute atomic E-state index is 5.56. The SMILES string of the molecule is COc1cc(C)c(CN2CC[C@H](c3nc(N(C)C)ncc3-c3cnn(C)c3)C2)c(C)c1C. The summed E-state index contributed by atoms with van der Waals surface area (Å²) >= 11 is 0. The quantitative estimate of drug-likeness (QED) is 0.587. The van der Waals surface area contributed by atoms with Crippen molar-refractivity contribution < 1.29 is 4.74 Å². The van der Waals surface area contributed by atoms with Gasteiger partial charge >= 0.3 is 0 Å². The Labute approximate surface area is 191 Å². The van der Waals surface area contributed by atoms with Gasteiger partial charge in [-0.2, -0.15) is 5.10 Å². The molecule has 0 radical (unpaired) electrons. The summed E-state index contributed by atoms with van der Waals surface area (Å²) in [6.45, 7) is 9.54. The van der Waals surface area contributed by atoms with Crippen LogP contribution in [-0.2, 0) is 13.6 Å². The van der Waals surface area contributed by atoms with Crippen LogP contribution in [0.3, 0.4) is 0 Å². The largest absolute Gasteiger partial charge is 0.496 e. The van der Waals surface area contributed by atoms with E-state index in [0.29, 0.717) is 5.92 Å². The lowest BCUT2D eigenvalue weighted by atomic mass is 9.96. The zero-order valence-electron chi connectivity index (χ0n) is 20.3. The molecule has 7 nitrogen and oxygen atoms in total. The van der Waals surface area contributed by atoms with Crippen molar-refractivity contribution in [2.24, 2.45) is 7.05 Å². The number of anilines is 1. The fourth-order valence-corrected chi connectivity index (χ4v) is 4.67. The zero-order valence-corrected chi connectivity index (χ0v) is 20.3. The molecule has 2 aromatic heterocycles. The average Bonchev–Trinajstić information content (AvgIpc) is 3.42. The number of ether oxygens (including phenoxy) is 1. The number of rotatable bonds is 6. The Morgan fingerprint density at radius 3 is 2.59 bits per heavy atom. The van der Waals surface area contributed by atoms with Crippen LogP contribution in [0.25, 0.3) is 11.1 Å². The fraction of sp³-hybridized carbons (Fsp3) is 0.480. The number of hydrogen-bond acceptors (Lipinski definition) is 6. The molecule has 1 aliphatic rings. The molecule has 0 saturated carbocycles. The molecule has 3 heterocycles. The molecule has 170 valence electrons. The summed E-state index contributed by atoms with van der Waals surface area (Å²) in [7, 11) is 7.66. The van der Waals surface area contributed by atoms with Crippen molar-refractivity contribution in [3.05, 3.63) is 52.6 Å². The molecule has 1 saturated heterocycles. The van der Waals surface area contributed by atoms with Crippen molar-refractivity contribution in [2.75, 3.05) is 39.2 Å². The van der Waals surface area contributed by atoms with Crippen LogP contribution >= 0.6 is 0 Å². The van der Waals surface area contributed by atoms with Gasteiger partial charge in [-0.25, -0.2) is 9.97 Å². The first-order valence-electron chi connectivity index (χ1n) is 11.2. The monoisotopic (exact) mass is 434 g/mol. The highest BCUT2D eigenvalue weighted by atomic mass is 16.5. The molecule has 0 N–H and O–H groups in total. The molecule has 32 heavy (non-hydrogen) atoms. The normalized spacial score (nSPS) is 16.5. The molecule has 1 aromatic carbocycles. The molecule has 0 bridgehead atoms. The minimum absolute atomic E-state index is 0.367. The number of likely N-dealkylation sites (tertiary alicyclic amines) is 1. The van der Waals surface area contributed by atoms with Gasteiger partial charge in [0, 0.05) is 63.7 Å². The van der Waals surface area contributed by atoms with E-state index in [-0.39, 0.29) is 0 Å². The molecule has 1 atom stereocenters. The van der Waals surface area contributed by atoms with E-state index in [2.05, 4.69) is 41.8 Å². The first-order valence-corrected chi connectivity index (χ1v) is 11.2. The van der Waals surface area contributed by atoms with Crippen molar-refractivity contribution in [3.8, 4) is 16.9 Å². The Morgan fingerprint density at radius 2 is 1.94 bits per heavy atom. The lowest BCUT2D eigenvalue weighted by Gasteiger charge is -2.22. The molecule has 3 aromatic rings. The van der Waals surface area contributed by atoms with Gasteiger partial charge in [0.25, 0.3) is 0 Å². The Morgan fingerprint density at radius 1 is 1.16 bits per heavy atom. The maximum atomic E-state index is 5.56. The second-order valence-electron chi connectivity index (χ2n) is 9.11. The Bertz CT molecular complexity index is 1120. The minimum atomic E-state index is 0.367. The third-order valence-corrected chi connectivity index (χ3v) is 6.69. The van der Waals surface area contributed by atoms with Gasteiger partial charge in [-0.15, -0.1) is 0 Å². The average molecular weight is 435 g/mol. The Balaban J connectivity index is 1.61. The summed E-state index contributed by atoms with van der Waals surface area (Å²) < 4.78 is 7.39. The lowest BCUT2D eigenvalue weighted by molar-refractivity contribution is 0.324. The van der Waals surface area contributed by atoms with E-state index < -0.39 is 0 Å². The minimum Gasteiger partial charge on any atom is -0.496 e. The van der Waals surface area contributed by atoms with Crippen molar-refractivity contribution in [1.29, 1.82) is 0 Å². The second-order valence-corrected chi connectivity index (χ2v) is 9.11. The van der Waals surface area contributed by atoms with Crippen LogP contribution in [0, 0.1) is 20.8 Å². The molecule has 1 aliphatic heterocycles. The predicted octanol–water partition coefficient (Wildman–Crippen LogP) is 3.87. The smallest absolute Gasteiger partial charge is 0.225 e. The van der Waals surface area contributed by atoms with Crippen molar-refractivity contribution in [1.82, 2.24) is 24.6 Å². The van der Waals surface area contributed by atoms with E-state index in [4.69, 9.17) is 9.72 Å². The summed E-state index contributed by atoms with van der Waals surface area (Å²) in [5.41, 5.74) is 8.55. The molecule has 0 amide bonds. The van der Waals surface area contributed by atoms with Gasteiger partial charge in [0.2, 0.25) is 5.95 Å². The van der Waals surface area contributed by atoms with Gasteiger partial charge < -0.3 is 9.64 Å². The number of benzene rings is 1. The molecule has 4 rings (SSSR count). The summed E-state index contributed by atoms with van der Waals surface area (Å²) in [5, 5.41) is 4.36. The number of nitrogens with zero attached hydrogens (tertiary/aromatic N) is 6. The van der Waals surface area contributed by atoms with Crippen LogP contribution in [-0.4, -0.2) is 58.9 Å². The van der Waals surface area contributed by atoms with E-state index in [1.165, 1.54) is 22.3 Å². The summed E-state index contributed by atoms with van der Waals surface area (Å²) in [5.74, 6) is 2.09. The van der Waals surface area contributed by atoms with Gasteiger partial charge in [-0.1, -0.05) is 0 Å². The van der Waals surface area contributed by atoms with Crippen LogP contribution in [0.1, 0.15) is 40.3 Å². The van der Waals surface area contributed by atoms with Gasteiger partial charge in [0.15, 0.2) is 0 Å². The van der Waals surface area contributed by atoms with E-state index in [0.717, 1.165) is 54.6 Å². The van der Waals surface area contributed by atoms with Crippen molar-refractivity contribution in [2.45, 2.75) is 39.7 Å². The highest BCUT2D eigenvalue weighted by molar-refractivity contribution is 5.65. The van der Waals surface area contributed by atoms with Crippen molar-refractivity contribution >= 4 is 5.95 Å². The first kappa shape index (κ1) is 22.3. The molecule has 0 spiro atoms. The van der Waals surface area contributed by atoms with Crippen LogP contribution in [0.15, 0.2) is 24.7 Å². The summed E-state index contributed by atoms with van der Waals surface area (Å²) in [6, 6.07) is 2.17. The number of hydrogen-bond donors (Lipinski definition) is 0. The molecule has 1 fully saturated rings. The standard InChI is InChI=1S/C25H34N6O/c1-16-10-23(32-7)18(3)17(2)22(16)15-31-9-8-19(14-31)24-21(20-11-27-30(6)13-20)12-26-25(28-24)29(4)5/h10-13,19H,8-9,14-15H2,1-7H3/t19-/m0/s1. The zero-order chi connectivity index (χ0) is 23.0. The molecule has 0 aliphatic carbocycles. The van der Waals surface area contributed by atoms with Gasteiger partial charge in [-0.05, 0) is 62.1 Å². The first-order chi connectivity index (χ1) is 15.3. The van der Waals surface area contributed by atoms with Crippen LogP contribution in [0.2, 0.25) is 0 Å². The second kappa shape index (κ2) is 8.90. The summed E-state index contributed by atoms with van der Waals surface area (Å²) in [6.07, 6.45) is 6.98. The number of methoxy groups -OCH3 is 1. The van der Waals surface area contributed by atoms with Crippen LogP contribution < -0.4 is 9.64 Å². The molecular formula is C25H34N6O. The van der Waals surface area contributed by atoms with E-state index in [1.54, 1.807) is 7.11 Å². The topological polar surface area (TPSA) is 59.3 Å². The van der Waals surface area contributed by atoms with E-state index in [9.17, 15) is 0 Å². The predicted molar refractivity (Wildman–Crippen MR) is 128 cm³/mol.